The van der Waals surface area contributed by atoms with Crippen molar-refractivity contribution >= 4 is 17.9 Å². The van der Waals surface area contributed by atoms with Crippen molar-refractivity contribution < 1.29 is 29.3 Å². The van der Waals surface area contributed by atoms with Gasteiger partial charge in [-0.05, 0) is 12.8 Å². The standard InChI is InChI=1S/C8H12O6/c1-14-7(11)4-5(8(12)13)2-3-6(9)10/h5H,2-4H2,1H3,(H,9,10)(H,12,13)/p-2. The molecule has 6 nitrogen and oxygen atoms in total. The average Bonchev–Trinajstić information content (AvgIpc) is 2.10. The Morgan fingerprint density at radius 2 is 1.86 bits per heavy atom. The smallest absolute Gasteiger partial charge is 0.306 e. The molecule has 14 heavy (non-hydrogen) atoms. The fraction of sp³-hybridized carbons (Fsp3) is 0.625. The van der Waals surface area contributed by atoms with Crippen molar-refractivity contribution in [2.45, 2.75) is 19.3 Å². The van der Waals surface area contributed by atoms with Crippen LogP contribution in [0, 0.1) is 5.92 Å². The molecule has 0 saturated carbocycles. The Balaban J connectivity index is 4.09. The van der Waals surface area contributed by atoms with E-state index in [-0.39, 0.29) is 12.8 Å². The first-order valence-electron chi connectivity index (χ1n) is 3.95. The second-order valence-corrected chi connectivity index (χ2v) is 2.71. The van der Waals surface area contributed by atoms with Crippen molar-refractivity contribution in [3.05, 3.63) is 0 Å². The summed E-state index contributed by atoms with van der Waals surface area (Å²) in [5.74, 6) is -4.67. The van der Waals surface area contributed by atoms with Crippen LogP contribution in [0.4, 0.5) is 0 Å². The summed E-state index contributed by atoms with van der Waals surface area (Å²) in [7, 11) is 1.12. The lowest BCUT2D eigenvalue weighted by Crippen LogP contribution is -2.34. The number of hydrogen-bond donors (Lipinski definition) is 0. The molecule has 0 bridgehead atoms. The van der Waals surface area contributed by atoms with Gasteiger partial charge in [0.2, 0.25) is 0 Å². The quantitative estimate of drug-likeness (QED) is 0.439. The Kier molecular flexibility index (Phi) is 5.28. The largest absolute Gasteiger partial charge is 0.550 e. The van der Waals surface area contributed by atoms with E-state index in [1.807, 2.05) is 0 Å². The molecule has 0 amide bonds. The highest BCUT2D eigenvalue weighted by molar-refractivity contribution is 5.78. The van der Waals surface area contributed by atoms with Crippen molar-refractivity contribution in [2.24, 2.45) is 5.92 Å². The molecule has 0 aromatic rings. The topological polar surface area (TPSA) is 107 Å². The molecule has 0 aliphatic rings. The molecule has 0 spiro atoms. The Morgan fingerprint density at radius 3 is 2.21 bits per heavy atom. The average molecular weight is 202 g/mol. The van der Waals surface area contributed by atoms with Crippen LogP contribution in [0.5, 0.6) is 0 Å². The molecule has 0 aromatic carbocycles. The molecule has 0 heterocycles. The zero-order chi connectivity index (χ0) is 11.1. The van der Waals surface area contributed by atoms with E-state index in [0.717, 1.165) is 7.11 Å². The SMILES string of the molecule is COC(=O)CC(CCC(=O)[O-])C(=O)[O-]. The highest BCUT2D eigenvalue weighted by atomic mass is 16.5. The van der Waals surface area contributed by atoms with E-state index >= 15 is 0 Å². The number of hydrogen-bond acceptors (Lipinski definition) is 6. The maximum atomic E-state index is 10.7. The monoisotopic (exact) mass is 202 g/mol. The van der Waals surface area contributed by atoms with E-state index in [2.05, 4.69) is 4.74 Å². The summed E-state index contributed by atoms with van der Waals surface area (Å²) in [5, 5.41) is 20.5. The fourth-order valence-electron chi connectivity index (χ4n) is 0.880. The molecule has 6 heteroatoms. The molecular weight excluding hydrogens is 192 g/mol. The van der Waals surface area contributed by atoms with E-state index in [0.29, 0.717) is 0 Å². The maximum Gasteiger partial charge on any atom is 0.306 e. The molecule has 0 aliphatic heterocycles. The molecular formula is C8H10O6-2. The lowest BCUT2D eigenvalue weighted by Gasteiger charge is -2.16. The van der Waals surface area contributed by atoms with Gasteiger partial charge in [-0.1, -0.05) is 0 Å². The number of ether oxygens (including phenoxy) is 1. The van der Waals surface area contributed by atoms with Crippen LogP contribution in [-0.4, -0.2) is 25.0 Å². The summed E-state index contributed by atoms with van der Waals surface area (Å²) >= 11 is 0. The number of esters is 1. The molecule has 0 N–H and O–H groups in total. The first-order valence-corrected chi connectivity index (χ1v) is 3.95. The Morgan fingerprint density at radius 1 is 1.29 bits per heavy atom. The molecule has 1 unspecified atom stereocenters. The summed E-state index contributed by atoms with van der Waals surface area (Å²) < 4.78 is 4.24. The van der Waals surface area contributed by atoms with Gasteiger partial charge in [-0.25, -0.2) is 0 Å². The van der Waals surface area contributed by atoms with Crippen molar-refractivity contribution in [3.8, 4) is 0 Å². The summed E-state index contributed by atoms with van der Waals surface area (Å²) in [6.07, 6.45) is -0.998. The third-order valence-electron chi connectivity index (χ3n) is 1.67. The van der Waals surface area contributed by atoms with Gasteiger partial charge in [0, 0.05) is 17.9 Å². The van der Waals surface area contributed by atoms with Crippen LogP contribution in [-0.2, 0) is 19.1 Å². The minimum absolute atomic E-state index is 0.195. The third-order valence-corrected chi connectivity index (χ3v) is 1.67. The first-order chi connectivity index (χ1) is 6.47. The van der Waals surface area contributed by atoms with Crippen molar-refractivity contribution in [2.75, 3.05) is 7.11 Å². The second kappa shape index (κ2) is 5.95. The number of aliphatic carboxylic acids is 2. The van der Waals surface area contributed by atoms with Crippen LogP contribution in [0.2, 0.25) is 0 Å². The minimum atomic E-state index is -1.46. The Bertz CT molecular complexity index is 234. The molecule has 1 atom stereocenters. The van der Waals surface area contributed by atoms with Crippen molar-refractivity contribution in [3.63, 3.8) is 0 Å². The lowest BCUT2D eigenvalue weighted by atomic mass is 10.00. The van der Waals surface area contributed by atoms with Gasteiger partial charge in [-0.15, -0.1) is 0 Å². The summed E-state index contributed by atoms with van der Waals surface area (Å²) in [6.45, 7) is 0. The zero-order valence-corrected chi connectivity index (χ0v) is 7.65. The van der Waals surface area contributed by atoms with Crippen molar-refractivity contribution in [1.29, 1.82) is 0 Å². The molecule has 0 radical (unpaired) electrons. The Labute approximate surface area is 80.5 Å². The maximum absolute atomic E-state index is 10.7. The Hall–Kier alpha value is -1.59. The van der Waals surface area contributed by atoms with Gasteiger partial charge in [0.1, 0.15) is 0 Å². The van der Waals surface area contributed by atoms with Crippen LogP contribution in [0.1, 0.15) is 19.3 Å². The minimum Gasteiger partial charge on any atom is -0.550 e. The summed E-state index contributed by atoms with van der Waals surface area (Å²) in [6, 6.07) is 0. The lowest BCUT2D eigenvalue weighted by molar-refractivity contribution is -0.313. The fourth-order valence-corrected chi connectivity index (χ4v) is 0.880. The number of carboxylic acids is 2. The predicted molar refractivity (Wildman–Crippen MR) is 39.4 cm³/mol. The predicted octanol–water partition coefficient (Wildman–Crippen LogP) is -2.55. The van der Waals surface area contributed by atoms with Crippen LogP contribution in [0.15, 0.2) is 0 Å². The van der Waals surface area contributed by atoms with Crippen LogP contribution in [0.25, 0.3) is 0 Å². The number of carboxylic acid groups (broad SMARTS) is 2. The zero-order valence-electron chi connectivity index (χ0n) is 7.65. The van der Waals surface area contributed by atoms with Gasteiger partial charge in [0.25, 0.3) is 0 Å². The highest BCUT2D eigenvalue weighted by Gasteiger charge is 2.15. The van der Waals surface area contributed by atoms with Gasteiger partial charge in [-0.2, -0.15) is 0 Å². The number of carbonyl (C=O) groups excluding carboxylic acids is 3. The molecule has 0 saturated heterocycles. The second-order valence-electron chi connectivity index (χ2n) is 2.71. The first kappa shape index (κ1) is 12.4. The van der Waals surface area contributed by atoms with Gasteiger partial charge in [-0.3, -0.25) is 4.79 Å². The van der Waals surface area contributed by atoms with Crippen LogP contribution in [0.3, 0.4) is 0 Å². The van der Waals surface area contributed by atoms with Crippen LogP contribution >= 0.6 is 0 Å². The normalized spacial score (nSPS) is 11.8. The van der Waals surface area contributed by atoms with E-state index in [1.54, 1.807) is 0 Å². The van der Waals surface area contributed by atoms with Crippen molar-refractivity contribution in [1.82, 2.24) is 0 Å². The van der Waals surface area contributed by atoms with E-state index in [4.69, 9.17) is 0 Å². The van der Waals surface area contributed by atoms with Gasteiger partial charge in [0.05, 0.1) is 13.5 Å². The summed E-state index contributed by atoms with van der Waals surface area (Å²) in [4.78, 5) is 31.2. The molecule has 0 aliphatic carbocycles. The van der Waals surface area contributed by atoms with Gasteiger partial charge >= 0.3 is 5.97 Å². The molecule has 0 fully saturated rings. The number of carbonyl (C=O) groups is 3. The van der Waals surface area contributed by atoms with E-state index in [1.165, 1.54) is 0 Å². The molecule has 80 valence electrons. The third kappa shape index (κ3) is 5.13. The molecule has 0 aromatic heterocycles. The summed E-state index contributed by atoms with van der Waals surface area (Å²) in [5.41, 5.74) is 0. The highest BCUT2D eigenvalue weighted by Crippen LogP contribution is 2.10. The number of methoxy groups -OCH3 is 1. The van der Waals surface area contributed by atoms with E-state index < -0.39 is 30.2 Å². The van der Waals surface area contributed by atoms with Gasteiger partial charge < -0.3 is 24.5 Å². The van der Waals surface area contributed by atoms with Gasteiger partial charge in [0.15, 0.2) is 0 Å². The number of rotatable bonds is 6. The van der Waals surface area contributed by atoms with E-state index in [9.17, 15) is 24.6 Å². The molecule has 0 rings (SSSR count). The van der Waals surface area contributed by atoms with Crippen LogP contribution < -0.4 is 10.2 Å².